The van der Waals surface area contributed by atoms with Gasteiger partial charge in [0.1, 0.15) is 0 Å². The van der Waals surface area contributed by atoms with Crippen LogP contribution in [0.4, 0.5) is 5.82 Å². The zero-order valence-corrected chi connectivity index (χ0v) is 11.3. The van der Waals surface area contributed by atoms with E-state index < -0.39 is 5.41 Å². The Morgan fingerprint density at radius 2 is 1.82 bits per heavy atom. The van der Waals surface area contributed by atoms with Crippen LogP contribution in [0.15, 0.2) is 6.07 Å². The van der Waals surface area contributed by atoms with Gasteiger partial charge in [-0.05, 0) is 19.9 Å². The monoisotopic (exact) mass is 233 g/mol. The largest absolute Gasteiger partial charge is 0.297 e. The smallest absolute Gasteiger partial charge is 0.238 e. The number of rotatable bonds is 0. The van der Waals surface area contributed by atoms with Crippen molar-refractivity contribution in [1.82, 2.24) is 10.2 Å². The summed E-state index contributed by atoms with van der Waals surface area (Å²) in [6.07, 6.45) is 0. The van der Waals surface area contributed by atoms with Crippen molar-refractivity contribution < 1.29 is 4.79 Å². The molecule has 0 fully saturated rings. The molecule has 92 valence electrons. The molecule has 0 radical (unpaired) electrons. The predicted octanol–water partition coefficient (Wildman–Crippen LogP) is 2.03. The zero-order chi connectivity index (χ0) is 13.0. The van der Waals surface area contributed by atoms with Gasteiger partial charge in [0.2, 0.25) is 5.91 Å². The van der Waals surface area contributed by atoms with Crippen LogP contribution in [0.2, 0.25) is 0 Å². The molecule has 0 unspecified atom stereocenters. The van der Waals surface area contributed by atoms with Crippen LogP contribution < -0.4 is 4.90 Å². The number of aromatic nitrogens is 2. The maximum atomic E-state index is 12.1. The summed E-state index contributed by atoms with van der Waals surface area (Å²) in [6, 6.07) is 2.02. The van der Waals surface area contributed by atoms with E-state index in [9.17, 15) is 4.79 Å². The second-order valence-corrected chi connectivity index (χ2v) is 6.21. The van der Waals surface area contributed by atoms with E-state index in [1.165, 1.54) is 0 Å². The molecule has 1 aromatic heterocycles. The summed E-state index contributed by atoms with van der Waals surface area (Å²) in [5.41, 5.74) is 1.35. The number of hydrogen-bond acceptors (Lipinski definition) is 3. The van der Waals surface area contributed by atoms with Gasteiger partial charge in [0.25, 0.3) is 0 Å². The van der Waals surface area contributed by atoms with E-state index in [-0.39, 0.29) is 11.3 Å². The molecule has 0 saturated carbocycles. The average molecular weight is 233 g/mol. The van der Waals surface area contributed by atoms with E-state index in [4.69, 9.17) is 0 Å². The maximum Gasteiger partial charge on any atom is 0.238 e. The van der Waals surface area contributed by atoms with Crippen LogP contribution >= 0.6 is 0 Å². The van der Waals surface area contributed by atoms with Gasteiger partial charge in [-0.3, -0.25) is 9.69 Å². The lowest BCUT2D eigenvalue weighted by Crippen LogP contribution is -2.33. The molecular weight excluding hydrogens is 214 g/mol. The van der Waals surface area contributed by atoms with Gasteiger partial charge in [-0.1, -0.05) is 20.8 Å². The van der Waals surface area contributed by atoms with E-state index in [0.29, 0.717) is 5.82 Å². The standard InChI is InChI=1S/C13H19N3O/c1-12(2,3)9-7-8-10(15-14-9)16(6)11(17)13(8,4)5/h7H,1-6H3. The Labute approximate surface area is 102 Å². The predicted molar refractivity (Wildman–Crippen MR) is 67.2 cm³/mol. The van der Waals surface area contributed by atoms with Crippen LogP contribution in [0.5, 0.6) is 0 Å². The summed E-state index contributed by atoms with van der Waals surface area (Å²) >= 11 is 0. The minimum Gasteiger partial charge on any atom is -0.297 e. The molecule has 0 aliphatic carbocycles. The number of carbonyl (C=O) groups is 1. The van der Waals surface area contributed by atoms with Crippen LogP contribution in [0.25, 0.3) is 0 Å². The lowest BCUT2D eigenvalue weighted by Gasteiger charge is -2.20. The first-order valence-electron chi connectivity index (χ1n) is 5.82. The molecule has 1 aromatic rings. The number of carbonyl (C=O) groups excluding carboxylic acids is 1. The summed E-state index contributed by atoms with van der Waals surface area (Å²) in [5.74, 6) is 0.765. The summed E-state index contributed by atoms with van der Waals surface area (Å²) in [7, 11) is 1.75. The zero-order valence-electron chi connectivity index (χ0n) is 11.3. The molecule has 1 aliphatic rings. The third-order valence-corrected chi connectivity index (χ3v) is 3.37. The Hall–Kier alpha value is -1.45. The lowest BCUT2D eigenvalue weighted by atomic mass is 9.84. The first-order valence-corrected chi connectivity index (χ1v) is 5.82. The third kappa shape index (κ3) is 1.63. The fourth-order valence-corrected chi connectivity index (χ4v) is 2.09. The Balaban J connectivity index is 2.63. The van der Waals surface area contributed by atoms with Crippen LogP contribution in [0, 0.1) is 0 Å². The molecular formula is C13H19N3O. The molecule has 17 heavy (non-hydrogen) atoms. The van der Waals surface area contributed by atoms with Crippen LogP contribution in [-0.4, -0.2) is 23.2 Å². The van der Waals surface area contributed by atoms with Gasteiger partial charge in [0, 0.05) is 18.0 Å². The Bertz CT molecular complexity index is 486. The molecule has 2 rings (SSSR count). The quantitative estimate of drug-likeness (QED) is 0.688. The molecule has 1 amide bonds. The number of likely N-dealkylation sites (N-methyl/N-ethyl adjacent to an activating group) is 1. The topological polar surface area (TPSA) is 46.1 Å². The molecule has 0 spiro atoms. The number of fused-ring (bicyclic) bond motifs is 1. The summed E-state index contributed by atoms with van der Waals surface area (Å²) in [6.45, 7) is 10.2. The van der Waals surface area contributed by atoms with Crippen molar-refractivity contribution in [2.45, 2.75) is 45.4 Å². The number of nitrogens with zero attached hydrogens (tertiary/aromatic N) is 3. The summed E-state index contributed by atoms with van der Waals surface area (Å²) in [5, 5.41) is 8.44. The van der Waals surface area contributed by atoms with Gasteiger partial charge >= 0.3 is 0 Å². The highest BCUT2D eigenvalue weighted by atomic mass is 16.2. The minimum atomic E-state index is -0.500. The van der Waals surface area contributed by atoms with Gasteiger partial charge in [0.05, 0.1) is 11.1 Å². The van der Waals surface area contributed by atoms with Gasteiger partial charge < -0.3 is 0 Å². The van der Waals surface area contributed by atoms with Crippen molar-refractivity contribution in [3.63, 3.8) is 0 Å². The fraction of sp³-hybridized carbons (Fsp3) is 0.615. The van der Waals surface area contributed by atoms with Crippen molar-refractivity contribution in [3.05, 3.63) is 17.3 Å². The van der Waals surface area contributed by atoms with Crippen molar-refractivity contribution in [2.24, 2.45) is 0 Å². The first kappa shape index (κ1) is 12.0. The molecule has 0 aromatic carbocycles. The molecule has 2 heterocycles. The highest BCUT2D eigenvalue weighted by Gasteiger charge is 2.44. The number of anilines is 1. The second kappa shape index (κ2) is 3.28. The first-order chi connectivity index (χ1) is 7.65. The molecule has 0 atom stereocenters. The van der Waals surface area contributed by atoms with Crippen LogP contribution in [-0.2, 0) is 15.6 Å². The van der Waals surface area contributed by atoms with E-state index in [2.05, 4.69) is 31.0 Å². The average Bonchev–Trinajstić information content (AvgIpc) is 2.39. The van der Waals surface area contributed by atoms with Gasteiger partial charge in [-0.15, -0.1) is 5.10 Å². The fourth-order valence-electron chi connectivity index (χ4n) is 2.09. The molecule has 0 saturated heterocycles. The van der Waals surface area contributed by atoms with E-state index in [1.54, 1.807) is 11.9 Å². The molecule has 0 N–H and O–H groups in total. The van der Waals surface area contributed by atoms with Gasteiger partial charge in [0.15, 0.2) is 5.82 Å². The molecule has 0 bridgehead atoms. The van der Waals surface area contributed by atoms with E-state index in [1.807, 2.05) is 19.9 Å². The summed E-state index contributed by atoms with van der Waals surface area (Å²) in [4.78, 5) is 13.7. The second-order valence-electron chi connectivity index (χ2n) is 6.21. The van der Waals surface area contributed by atoms with E-state index >= 15 is 0 Å². The van der Waals surface area contributed by atoms with Gasteiger partial charge in [-0.2, -0.15) is 5.10 Å². The number of hydrogen-bond donors (Lipinski definition) is 0. The van der Waals surface area contributed by atoms with E-state index in [0.717, 1.165) is 11.3 Å². The number of amides is 1. The minimum absolute atomic E-state index is 0.0533. The molecule has 4 heteroatoms. The Morgan fingerprint density at radius 3 is 2.35 bits per heavy atom. The van der Waals surface area contributed by atoms with Crippen molar-refractivity contribution in [3.8, 4) is 0 Å². The maximum absolute atomic E-state index is 12.1. The van der Waals surface area contributed by atoms with Crippen molar-refractivity contribution >= 4 is 11.7 Å². The van der Waals surface area contributed by atoms with Crippen LogP contribution in [0.1, 0.15) is 45.9 Å². The molecule has 1 aliphatic heterocycles. The lowest BCUT2D eigenvalue weighted by molar-refractivity contribution is -0.121. The van der Waals surface area contributed by atoms with Crippen molar-refractivity contribution in [1.29, 1.82) is 0 Å². The SMILES string of the molecule is CN1C(=O)C(C)(C)c2cc(C(C)(C)C)nnc21. The van der Waals surface area contributed by atoms with Gasteiger partial charge in [-0.25, -0.2) is 0 Å². The highest BCUT2D eigenvalue weighted by Crippen LogP contribution is 2.40. The summed E-state index contributed by atoms with van der Waals surface area (Å²) < 4.78 is 0. The normalized spacial score (nSPS) is 18.5. The van der Waals surface area contributed by atoms with Crippen LogP contribution in [0.3, 0.4) is 0 Å². The molecule has 4 nitrogen and oxygen atoms in total. The Morgan fingerprint density at radius 1 is 1.24 bits per heavy atom. The van der Waals surface area contributed by atoms with Crippen molar-refractivity contribution in [2.75, 3.05) is 11.9 Å². The Kier molecular flexibility index (Phi) is 2.32. The highest BCUT2D eigenvalue weighted by molar-refractivity contribution is 6.06. The third-order valence-electron chi connectivity index (χ3n) is 3.37.